The second-order valence-corrected chi connectivity index (χ2v) is 7.42. The quantitative estimate of drug-likeness (QED) is 0.766. The number of benzene rings is 1. The number of amides is 1. The van der Waals surface area contributed by atoms with Crippen LogP contribution in [0.2, 0.25) is 5.02 Å². The summed E-state index contributed by atoms with van der Waals surface area (Å²) in [7, 11) is 0. The van der Waals surface area contributed by atoms with E-state index in [-0.39, 0.29) is 18.1 Å². The van der Waals surface area contributed by atoms with Crippen molar-refractivity contribution >= 4 is 23.2 Å². The molecule has 0 N–H and O–H groups in total. The van der Waals surface area contributed by atoms with E-state index in [4.69, 9.17) is 11.6 Å². The first kappa shape index (κ1) is 20.5. The summed E-state index contributed by atoms with van der Waals surface area (Å²) in [5.74, 6) is -0.268. The zero-order valence-electron chi connectivity index (χ0n) is 16.0. The number of anilines is 1. The predicted octanol–water partition coefficient (Wildman–Crippen LogP) is 3.83. The minimum atomic E-state index is -4.64. The highest BCUT2D eigenvalue weighted by Gasteiger charge is 2.38. The molecule has 2 aromatic rings. The molecular weight excluding hydrogens is 393 g/mol. The summed E-state index contributed by atoms with van der Waals surface area (Å²) >= 11 is 5.74. The molecule has 0 atom stereocenters. The summed E-state index contributed by atoms with van der Waals surface area (Å²) < 4.78 is 39.8. The lowest BCUT2D eigenvalue weighted by Gasteiger charge is -2.36. The fraction of sp³-hybridized carbons (Fsp3) is 0.474. The molecule has 1 fully saturated rings. The molecule has 152 valence electrons. The van der Waals surface area contributed by atoms with E-state index < -0.39 is 16.9 Å². The number of halogens is 4. The van der Waals surface area contributed by atoms with E-state index in [0.717, 1.165) is 10.4 Å². The zero-order valence-corrected chi connectivity index (χ0v) is 16.7. The molecule has 1 aromatic carbocycles. The third-order valence-electron chi connectivity index (χ3n) is 5.17. The summed E-state index contributed by atoms with van der Waals surface area (Å²) in [4.78, 5) is 16.4. The third kappa shape index (κ3) is 4.11. The summed E-state index contributed by atoms with van der Waals surface area (Å²) in [6, 6.07) is 6.26. The number of carbonyl (C=O) groups excluding carboxylic acids is 1. The van der Waals surface area contributed by atoms with Gasteiger partial charge in [-0.15, -0.1) is 0 Å². The molecule has 1 saturated heterocycles. The number of piperazine rings is 1. The van der Waals surface area contributed by atoms with Crippen LogP contribution in [-0.4, -0.2) is 46.8 Å². The standard InChI is InChI=1S/C19H22ClF3N4O/c1-12-4-5-15(10-13(12)2)25-6-8-26(9-7-25)16(28)11-27-14(3)17(20)18(24-27)19(21,22)23/h4-5,10H,6-9,11H2,1-3H3. The van der Waals surface area contributed by atoms with E-state index in [1.54, 1.807) is 4.90 Å². The zero-order chi connectivity index (χ0) is 20.6. The highest BCUT2D eigenvalue weighted by molar-refractivity contribution is 6.32. The van der Waals surface area contributed by atoms with Crippen molar-refractivity contribution in [2.75, 3.05) is 31.1 Å². The van der Waals surface area contributed by atoms with Gasteiger partial charge in [-0.3, -0.25) is 9.48 Å². The molecule has 0 saturated carbocycles. The van der Waals surface area contributed by atoms with Gasteiger partial charge in [-0.2, -0.15) is 18.3 Å². The maximum Gasteiger partial charge on any atom is 0.436 e. The minimum absolute atomic E-state index is 0.135. The average Bonchev–Trinajstić information content (AvgIpc) is 2.92. The molecule has 3 rings (SSSR count). The number of aromatic nitrogens is 2. The topological polar surface area (TPSA) is 41.4 Å². The Kier molecular flexibility index (Phi) is 5.61. The SMILES string of the molecule is Cc1ccc(N2CCN(C(=O)Cn3nc(C(F)(F)F)c(Cl)c3C)CC2)cc1C. The molecule has 1 aliphatic rings. The van der Waals surface area contributed by atoms with Gasteiger partial charge in [0, 0.05) is 31.9 Å². The first-order chi connectivity index (χ1) is 13.1. The monoisotopic (exact) mass is 414 g/mol. The Labute approximate surface area is 166 Å². The van der Waals surface area contributed by atoms with Crippen LogP contribution in [0.15, 0.2) is 18.2 Å². The van der Waals surface area contributed by atoms with Gasteiger partial charge in [0.15, 0.2) is 5.69 Å². The Hall–Kier alpha value is -2.22. The van der Waals surface area contributed by atoms with Gasteiger partial charge in [0.05, 0.1) is 10.7 Å². The first-order valence-electron chi connectivity index (χ1n) is 8.98. The average molecular weight is 415 g/mol. The van der Waals surface area contributed by atoms with Crippen molar-refractivity contribution in [1.82, 2.24) is 14.7 Å². The van der Waals surface area contributed by atoms with Gasteiger partial charge in [0.1, 0.15) is 6.54 Å². The van der Waals surface area contributed by atoms with E-state index >= 15 is 0 Å². The van der Waals surface area contributed by atoms with Crippen LogP contribution in [0.5, 0.6) is 0 Å². The molecule has 0 spiro atoms. The van der Waals surface area contributed by atoms with Gasteiger partial charge in [-0.1, -0.05) is 17.7 Å². The van der Waals surface area contributed by atoms with Crippen molar-refractivity contribution in [2.24, 2.45) is 0 Å². The van der Waals surface area contributed by atoms with Crippen molar-refractivity contribution < 1.29 is 18.0 Å². The fourth-order valence-electron chi connectivity index (χ4n) is 3.22. The maximum atomic E-state index is 12.9. The van der Waals surface area contributed by atoms with Crippen LogP contribution in [-0.2, 0) is 17.5 Å². The summed E-state index contributed by atoms with van der Waals surface area (Å²) in [5, 5.41) is 3.04. The lowest BCUT2D eigenvalue weighted by atomic mass is 10.1. The molecule has 28 heavy (non-hydrogen) atoms. The second-order valence-electron chi connectivity index (χ2n) is 7.04. The van der Waals surface area contributed by atoms with E-state index in [1.807, 2.05) is 0 Å². The molecule has 1 aliphatic heterocycles. The lowest BCUT2D eigenvalue weighted by Crippen LogP contribution is -2.49. The van der Waals surface area contributed by atoms with Gasteiger partial charge < -0.3 is 9.80 Å². The van der Waals surface area contributed by atoms with Crippen molar-refractivity contribution in [1.29, 1.82) is 0 Å². The number of alkyl halides is 3. The van der Waals surface area contributed by atoms with Gasteiger partial charge in [0.25, 0.3) is 0 Å². The molecular formula is C19H22ClF3N4O. The molecule has 0 radical (unpaired) electrons. The molecule has 9 heteroatoms. The fourth-order valence-corrected chi connectivity index (χ4v) is 3.47. The summed E-state index contributed by atoms with van der Waals surface area (Å²) in [6.45, 7) is 7.63. The highest BCUT2D eigenvalue weighted by atomic mass is 35.5. The molecule has 1 aromatic heterocycles. The number of hydrogen-bond acceptors (Lipinski definition) is 3. The van der Waals surface area contributed by atoms with Gasteiger partial charge in [-0.25, -0.2) is 0 Å². The van der Waals surface area contributed by atoms with Crippen LogP contribution in [0.3, 0.4) is 0 Å². The van der Waals surface area contributed by atoms with Crippen molar-refractivity contribution in [3.05, 3.63) is 45.7 Å². The largest absolute Gasteiger partial charge is 0.436 e. The number of nitrogens with zero attached hydrogens (tertiary/aromatic N) is 4. The number of carbonyl (C=O) groups is 1. The Balaban J connectivity index is 1.64. The van der Waals surface area contributed by atoms with Gasteiger partial charge in [-0.05, 0) is 44.0 Å². The molecule has 0 aliphatic carbocycles. The Bertz CT molecular complexity index is 886. The number of aryl methyl sites for hydroxylation is 2. The lowest BCUT2D eigenvalue weighted by molar-refractivity contribution is -0.142. The van der Waals surface area contributed by atoms with Crippen molar-refractivity contribution in [3.63, 3.8) is 0 Å². The van der Waals surface area contributed by atoms with E-state index in [1.165, 1.54) is 18.1 Å². The number of hydrogen-bond donors (Lipinski definition) is 0. The molecule has 1 amide bonds. The highest BCUT2D eigenvalue weighted by Crippen LogP contribution is 2.35. The van der Waals surface area contributed by atoms with Crippen LogP contribution in [0, 0.1) is 20.8 Å². The van der Waals surface area contributed by atoms with Crippen LogP contribution in [0.1, 0.15) is 22.5 Å². The predicted molar refractivity (Wildman–Crippen MR) is 102 cm³/mol. The van der Waals surface area contributed by atoms with Crippen LogP contribution >= 0.6 is 11.6 Å². The Morgan fingerprint density at radius 3 is 2.29 bits per heavy atom. The molecule has 2 heterocycles. The van der Waals surface area contributed by atoms with Gasteiger partial charge >= 0.3 is 6.18 Å². The Morgan fingerprint density at radius 2 is 1.75 bits per heavy atom. The van der Waals surface area contributed by atoms with E-state index in [9.17, 15) is 18.0 Å². The number of rotatable bonds is 3. The Morgan fingerprint density at radius 1 is 1.11 bits per heavy atom. The molecule has 0 unspecified atom stereocenters. The summed E-state index contributed by atoms with van der Waals surface area (Å²) in [5.41, 5.74) is 2.53. The minimum Gasteiger partial charge on any atom is -0.368 e. The molecule has 0 bridgehead atoms. The second kappa shape index (κ2) is 7.66. The van der Waals surface area contributed by atoms with E-state index in [0.29, 0.717) is 26.2 Å². The molecule has 5 nitrogen and oxygen atoms in total. The first-order valence-corrected chi connectivity index (χ1v) is 9.36. The van der Waals surface area contributed by atoms with Crippen LogP contribution in [0.4, 0.5) is 18.9 Å². The van der Waals surface area contributed by atoms with Crippen molar-refractivity contribution in [2.45, 2.75) is 33.5 Å². The van der Waals surface area contributed by atoms with Crippen LogP contribution in [0.25, 0.3) is 0 Å². The van der Waals surface area contributed by atoms with E-state index in [2.05, 4.69) is 42.0 Å². The smallest absolute Gasteiger partial charge is 0.368 e. The summed E-state index contributed by atoms with van der Waals surface area (Å²) in [6.07, 6.45) is -4.64. The van der Waals surface area contributed by atoms with Crippen molar-refractivity contribution in [3.8, 4) is 0 Å². The normalized spacial score (nSPS) is 15.2. The van der Waals surface area contributed by atoms with Gasteiger partial charge in [0.2, 0.25) is 5.91 Å². The van der Waals surface area contributed by atoms with Crippen LogP contribution < -0.4 is 4.90 Å². The maximum absolute atomic E-state index is 12.9. The third-order valence-corrected chi connectivity index (χ3v) is 5.63.